The van der Waals surface area contributed by atoms with Gasteiger partial charge in [-0.1, -0.05) is 18.2 Å². The Labute approximate surface area is 145 Å². The molecule has 132 valence electrons. The Morgan fingerprint density at radius 3 is 2.42 bits per heavy atom. The van der Waals surface area contributed by atoms with Crippen molar-refractivity contribution in [2.75, 3.05) is 70.9 Å². The number of hydrogen-bond donors (Lipinski definition) is 0. The summed E-state index contributed by atoms with van der Waals surface area (Å²) >= 11 is 0. The summed E-state index contributed by atoms with van der Waals surface area (Å²) in [6, 6.07) is 10.6. The van der Waals surface area contributed by atoms with Crippen LogP contribution >= 0.6 is 0 Å². The summed E-state index contributed by atoms with van der Waals surface area (Å²) in [4.78, 5) is 21.7. The molecule has 2 fully saturated rings. The summed E-state index contributed by atoms with van der Waals surface area (Å²) in [5.41, 5.74) is 1.31. The largest absolute Gasteiger partial charge is 0.369 e. The van der Waals surface area contributed by atoms with Crippen LogP contribution in [0.3, 0.4) is 0 Å². The average Bonchev–Trinajstić information content (AvgIpc) is 2.85. The predicted molar refractivity (Wildman–Crippen MR) is 98.4 cm³/mol. The Morgan fingerprint density at radius 2 is 1.67 bits per heavy atom. The maximum Gasteiger partial charge on any atom is 0.223 e. The number of likely N-dealkylation sites (N-methyl/N-ethyl adjacent to an activating group) is 1. The van der Waals surface area contributed by atoms with E-state index in [0.29, 0.717) is 12.3 Å². The van der Waals surface area contributed by atoms with E-state index >= 15 is 0 Å². The second-order valence-corrected chi connectivity index (χ2v) is 6.95. The minimum atomic E-state index is 0.329. The summed E-state index contributed by atoms with van der Waals surface area (Å²) in [7, 11) is 2.14. The van der Waals surface area contributed by atoms with Crippen LogP contribution in [-0.4, -0.2) is 86.6 Å². The summed E-state index contributed by atoms with van der Waals surface area (Å²) in [6.07, 6.45) is 1.76. The molecule has 0 unspecified atom stereocenters. The molecule has 2 heterocycles. The third-order valence-electron chi connectivity index (χ3n) is 5.21. The second kappa shape index (κ2) is 8.49. The van der Waals surface area contributed by atoms with Gasteiger partial charge in [0.2, 0.25) is 5.91 Å². The molecule has 24 heavy (non-hydrogen) atoms. The van der Waals surface area contributed by atoms with Crippen molar-refractivity contribution in [3.63, 3.8) is 0 Å². The third-order valence-corrected chi connectivity index (χ3v) is 5.21. The maximum atomic E-state index is 12.5. The van der Waals surface area contributed by atoms with Crippen molar-refractivity contribution in [3.05, 3.63) is 30.3 Å². The van der Waals surface area contributed by atoms with Crippen LogP contribution in [-0.2, 0) is 4.79 Å². The molecule has 1 aromatic carbocycles. The highest BCUT2D eigenvalue weighted by atomic mass is 16.2. The van der Waals surface area contributed by atoms with Crippen LogP contribution in [0.2, 0.25) is 0 Å². The average molecular weight is 330 g/mol. The lowest BCUT2D eigenvalue weighted by Gasteiger charge is -2.36. The van der Waals surface area contributed by atoms with E-state index in [1.165, 1.54) is 5.69 Å². The summed E-state index contributed by atoms with van der Waals surface area (Å²) in [6.45, 7) is 9.00. The van der Waals surface area contributed by atoms with Crippen LogP contribution in [0, 0.1) is 0 Å². The number of piperazine rings is 1. The Morgan fingerprint density at radius 1 is 0.917 bits per heavy atom. The first kappa shape index (κ1) is 17.2. The van der Waals surface area contributed by atoms with E-state index in [1.54, 1.807) is 0 Å². The van der Waals surface area contributed by atoms with Crippen LogP contribution in [0.4, 0.5) is 5.69 Å². The van der Waals surface area contributed by atoms with Gasteiger partial charge >= 0.3 is 0 Å². The zero-order valence-corrected chi connectivity index (χ0v) is 14.9. The first-order valence-electron chi connectivity index (χ1n) is 9.21. The highest BCUT2D eigenvalue weighted by Crippen LogP contribution is 2.15. The molecule has 3 rings (SSSR count). The van der Waals surface area contributed by atoms with E-state index in [-0.39, 0.29) is 0 Å². The van der Waals surface area contributed by atoms with E-state index in [0.717, 1.165) is 65.3 Å². The minimum Gasteiger partial charge on any atom is -0.369 e. The number of carbonyl (C=O) groups is 1. The number of amides is 1. The molecule has 0 atom stereocenters. The van der Waals surface area contributed by atoms with Crippen LogP contribution in [0.25, 0.3) is 0 Å². The molecule has 5 heteroatoms. The molecule has 0 saturated carbocycles. The first-order chi connectivity index (χ1) is 11.7. The van der Waals surface area contributed by atoms with Gasteiger partial charge in [-0.3, -0.25) is 9.69 Å². The molecular formula is C19H30N4O. The molecule has 1 aromatic rings. The maximum absolute atomic E-state index is 12.5. The number of rotatable bonds is 4. The molecule has 2 aliphatic rings. The highest BCUT2D eigenvalue weighted by molar-refractivity contribution is 5.76. The molecule has 2 aliphatic heterocycles. The molecule has 5 nitrogen and oxygen atoms in total. The predicted octanol–water partition coefficient (Wildman–Crippen LogP) is 1.36. The Kier molecular flexibility index (Phi) is 6.10. The lowest BCUT2D eigenvalue weighted by Crippen LogP contribution is -2.47. The van der Waals surface area contributed by atoms with E-state index in [9.17, 15) is 4.79 Å². The van der Waals surface area contributed by atoms with Crippen molar-refractivity contribution >= 4 is 11.6 Å². The van der Waals surface area contributed by atoms with Gasteiger partial charge in [0.05, 0.1) is 0 Å². The third kappa shape index (κ3) is 4.71. The van der Waals surface area contributed by atoms with E-state index in [2.05, 4.69) is 57.0 Å². The lowest BCUT2D eigenvalue weighted by molar-refractivity contribution is -0.131. The topological polar surface area (TPSA) is 30.0 Å². The van der Waals surface area contributed by atoms with Gasteiger partial charge in [0.1, 0.15) is 0 Å². The Bertz CT molecular complexity index is 513. The fourth-order valence-electron chi connectivity index (χ4n) is 3.58. The fraction of sp³-hybridized carbons (Fsp3) is 0.632. The van der Waals surface area contributed by atoms with E-state index in [4.69, 9.17) is 0 Å². The van der Waals surface area contributed by atoms with Gasteiger partial charge in [-0.05, 0) is 32.1 Å². The molecule has 2 saturated heterocycles. The van der Waals surface area contributed by atoms with Crippen molar-refractivity contribution < 1.29 is 4.79 Å². The summed E-state index contributed by atoms with van der Waals surface area (Å²) in [5.74, 6) is 0.329. The van der Waals surface area contributed by atoms with Crippen molar-refractivity contribution in [1.29, 1.82) is 0 Å². The highest BCUT2D eigenvalue weighted by Gasteiger charge is 2.20. The molecule has 0 spiro atoms. The van der Waals surface area contributed by atoms with Crippen LogP contribution < -0.4 is 4.90 Å². The molecule has 0 N–H and O–H groups in total. The van der Waals surface area contributed by atoms with Gasteiger partial charge in [-0.2, -0.15) is 0 Å². The molecule has 0 bridgehead atoms. The fourth-order valence-corrected chi connectivity index (χ4v) is 3.58. The van der Waals surface area contributed by atoms with Gasteiger partial charge in [0, 0.05) is 64.5 Å². The zero-order valence-electron chi connectivity index (χ0n) is 14.9. The Hall–Kier alpha value is -1.59. The molecule has 0 aliphatic carbocycles. The normalized spacial score (nSPS) is 20.9. The summed E-state index contributed by atoms with van der Waals surface area (Å²) in [5, 5.41) is 0. The van der Waals surface area contributed by atoms with Crippen LogP contribution in [0.1, 0.15) is 12.8 Å². The van der Waals surface area contributed by atoms with Gasteiger partial charge in [-0.15, -0.1) is 0 Å². The number of hydrogen-bond acceptors (Lipinski definition) is 4. The second-order valence-electron chi connectivity index (χ2n) is 6.95. The summed E-state index contributed by atoms with van der Waals surface area (Å²) < 4.78 is 0. The smallest absolute Gasteiger partial charge is 0.223 e. The van der Waals surface area contributed by atoms with Crippen molar-refractivity contribution in [3.8, 4) is 0 Å². The monoisotopic (exact) mass is 330 g/mol. The van der Waals surface area contributed by atoms with Crippen LogP contribution in [0.5, 0.6) is 0 Å². The van der Waals surface area contributed by atoms with Crippen molar-refractivity contribution in [2.45, 2.75) is 12.8 Å². The number of benzene rings is 1. The van der Waals surface area contributed by atoms with Crippen LogP contribution in [0.15, 0.2) is 30.3 Å². The number of para-hydroxylation sites is 1. The van der Waals surface area contributed by atoms with Gasteiger partial charge in [0.15, 0.2) is 0 Å². The SMILES string of the molecule is CN1CCCN(C(=O)CCN2CCN(c3ccccc3)CC2)CC1. The molecule has 0 radical (unpaired) electrons. The van der Waals surface area contributed by atoms with Gasteiger partial charge in [0.25, 0.3) is 0 Å². The quantitative estimate of drug-likeness (QED) is 0.834. The minimum absolute atomic E-state index is 0.329. The molecular weight excluding hydrogens is 300 g/mol. The lowest BCUT2D eigenvalue weighted by atomic mass is 10.2. The number of anilines is 1. The number of nitrogens with zero attached hydrogens (tertiary/aromatic N) is 4. The first-order valence-corrected chi connectivity index (χ1v) is 9.21. The molecule has 1 amide bonds. The van der Waals surface area contributed by atoms with E-state index < -0.39 is 0 Å². The van der Waals surface area contributed by atoms with Gasteiger partial charge in [-0.25, -0.2) is 0 Å². The zero-order chi connectivity index (χ0) is 16.8. The standard InChI is InChI=1S/C19H30N4O/c1-20-9-5-10-23(15-12-20)19(24)8-11-21-13-16-22(17-14-21)18-6-3-2-4-7-18/h2-4,6-7H,5,8-17H2,1H3. The van der Waals surface area contributed by atoms with E-state index in [1.807, 2.05) is 0 Å². The van der Waals surface area contributed by atoms with Crippen molar-refractivity contribution in [1.82, 2.24) is 14.7 Å². The Balaban J connectivity index is 1.39. The van der Waals surface area contributed by atoms with Crippen molar-refractivity contribution in [2.24, 2.45) is 0 Å². The van der Waals surface area contributed by atoms with Gasteiger partial charge < -0.3 is 14.7 Å². The number of carbonyl (C=O) groups excluding carboxylic acids is 1. The molecule has 0 aromatic heterocycles.